The molecule has 0 fully saturated rings. The molecule has 2 heterocycles. The van der Waals surface area contributed by atoms with Crippen molar-refractivity contribution in [2.45, 2.75) is 12.7 Å². The molecule has 1 aliphatic rings. The standard InChI is InChI=1S/C23H18F4N4O5/c1-31-10-11-5-4-6-16(18(11)20(31)32)36-19-13(23(25,26)27)9-28-22(30-19)29-15-8-14(24)12(21(33)35-3)7-17(15)34-2/h4-9H,10H2,1-3H3,(H,28,29,30). The minimum atomic E-state index is -4.88. The molecule has 4 rings (SSSR count). The first-order valence-electron chi connectivity index (χ1n) is 10.3. The van der Waals surface area contributed by atoms with Crippen LogP contribution in [0, 0.1) is 5.82 Å². The molecular formula is C23H18F4N4O5. The number of halogens is 4. The van der Waals surface area contributed by atoms with E-state index in [9.17, 15) is 27.2 Å². The summed E-state index contributed by atoms with van der Waals surface area (Å²) in [6, 6.07) is 6.51. The molecule has 0 radical (unpaired) electrons. The topological polar surface area (TPSA) is 103 Å². The Bertz CT molecular complexity index is 1360. The van der Waals surface area contributed by atoms with Crippen molar-refractivity contribution in [3.8, 4) is 17.4 Å². The number of nitrogens with zero attached hydrogens (tertiary/aromatic N) is 3. The molecule has 0 saturated heterocycles. The highest BCUT2D eigenvalue weighted by Gasteiger charge is 2.37. The van der Waals surface area contributed by atoms with E-state index in [-0.39, 0.29) is 29.3 Å². The number of benzene rings is 2. The summed E-state index contributed by atoms with van der Waals surface area (Å²) in [5, 5.41) is 2.56. The lowest BCUT2D eigenvalue weighted by atomic mass is 10.1. The molecule has 0 atom stereocenters. The number of hydrogen-bond acceptors (Lipinski definition) is 8. The van der Waals surface area contributed by atoms with Gasteiger partial charge in [-0.25, -0.2) is 14.2 Å². The van der Waals surface area contributed by atoms with Crippen molar-refractivity contribution in [3.63, 3.8) is 0 Å². The van der Waals surface area contributed by atoms with E-state index in [1.165, 1.54) is 18.1 Å². The van der Waals surface area contributed by atoms with Gasteiger partial charge >= 0.3 is 12.1 Å². The lowest BCUT2D eigenvalue weighted by molar-refractivity contribution is -0.139. The van der Waals surface area contributed by atoms with Gasteiger partial charge in [-0.15, -0.1) is 0 Å². The number of fused-ring (bicyclic) bond motifs is 1. The second-order valence-electron chi connectivity index (χ2n) is 7.61. The van der Waals surface area contributed by atoms with Gasteiger partial charge in [0.05, 0.1) is 31.0 Å². The predicted molar refractivity (Wildman–Crippen MR) is 117 cm³/mol. The van der Waals surface area contributed by atoms with Gasteiger partial charge in [0.15, 0.2) is 0 Å². The van der Waals surface area contributed by atoms with Gasteiger partial charge in [-0.05, 0) is 17.7 Å². The Labute approximate surface area is 201 Å². The minimum absolute atomic E-state index is 0.0303. The largest absolute Gasteiger partial charge is 0.495 e. The molecule has 1 aliphatic heterocycles. The van der Waals surface area contributed by atoms with Gasteiger partial charge in [-0.1, -0.05) is 12.1 Å². The lowest BCUT2D eigenvalue weighted by Crippen LogP contribution is -2.18. The number of rotatable bonds is 6. The quantitative estimate of drug-likeness (QED) is 0.384. The molecule has 0 aliphatic carbocycles. The van der Waals surface area contributed by atoms with Crippen LogP contribution in [0.15, 0.2) is 36.5 Å². The van der Waals surface area contributed by atoms with E-state index in [4.69, 9.17) is 9.47 Å². The maximum Gasteiger partial charge on any atom is 0.423 e. The van der Waals surface area contributed by atoms with Crippen LogP contribution in [0.4, 0.5) is 29.2 Å². The van der Waals surface area contributed by atoms with Crippen LogP contribution in [-0.2, 0) is 17.5 Å². The van der Waals surface area contributed by atoms with Gasteiger partial charge in [0.1, 0.15) is 22.9 Å². The molecule has 36 heavy (non-hydrogen) atoms. The summed E-state index contributed by atoms with van der Waals surface area (Å²) in [6.07, 6.45) is -4.38. The molecule has 9 nitrogen and oxygen atoms in total. The fourth-order valence-corrected chi connectivity index (χ4v) is 3.56. The highest BCUT2D eigenvalue weighted by Crippen LogP contribution is 2.40. The van der Waals surface area contributed by atoms with Gasteiger partial charge in [-0.2, -0.15) is 18.2 Å². The number of carbonyl (C=O) groups is 2. The molecule has 188 valence electrons. The summed E-state index contributed by atoms with van der Waals surface area (Å²) in [5.74, 6) is -3.74. The van der Waals surface area contributed by atoms with Gasteiger partial charge < -0.3 is 24.4 Å². The van der Waals surface area contributed by atoms with Gasteiger partial charge in [0, 0.05) is 25.9 Å². The van der Waals surface area contributed by atoms with E-state index in [1.54, 1.807) is 19.2 Å². The fourth-order valence-electron chi connectivity index (χ4n) is 3.56. The van der Waals surface area contributed by atoms with Crippen LogP contribution >= 0.6 is 0 Å². The highest BCUT2D eigenvalue weighted by atomic mass is 19.4. The summed E-state index contributed by atoms with van der Waals surface area (Å²) in [5.41, 5.74) is -1.06. The smallest absolute Gasteiger partial charge is 0.423 e. The number of nitrogens with one attached hydrogen (secondary N) is 1. The number of esters is 1. The summed E-state index contributed by atoms with van der Waals surface area (Å²) in [6.45, 7) is 0.279. The van der Waals surface area contributed by atoms with Crippen molar-refractivity contribution in [3.05, 3.63) is 64.6 Å². The number of hydrogen-bond donors (Lipinski definition) is 1. The van der Waals surface area contributed by atoms with E-state index < -0.39 is 46.8 Å². The van der Waals surface area contributed by atoms with Gasteiger partial charge in [0.2, 0.25) is 11.8 Å². The molecule has 0 saturated carbocycles. The van der Waals surface area contributed by atoms with Crippen LogP contribution in [-0.4, -0.2) is 48.0 Å². The second kappa shape index (κ2) is 9.32. The van der Waals surface area contributed by atoms with Crippen molar-refractivity contribution >= 4 is 23.5 Å². The average molecular weight is 506 g/mol. The van der Waals surface area contributed by atoms with Crippen LogP contribution in [0.3, 0.4) is 0 Å². The Morgan fingerprint density at radius 2 is 1.92 bits per heavy atom. The van der Waals surface area contributed by atoms with Crippen molar-refractivity contribution in [1.29, 1.82) is 0 Å². The minimum Gasteiger partial charge on any atom is -0.495 e. The number of aromatic nitrogens is 2. The zero-order valence-corrected chi connectivity index (χ0v) is 19.1. The Morgan fingerprint density at radius 1 is 1.17 bits per heavy atom. The number of amides is 1. The van der Waals surface area contributed by atoms with Crippen molar-refractivity contribution < 1.29 is 41.4 Å². The highest BCUT2D eigenvalue weighted by molar-refractivity contribution is 6.00. The number of ether oxygens (including phenoxy) is 3. The predicted octanol–water partition coefficient (Wildman–Crippen LogP) is 4.55. The van der Waals surface area contributed by atoms with Gasteiger partial charge in [0.25, 0.3) is 5.91 Å². The Hall–Kier alpha value is -4.42. The van der Waals surface area contributed by atoms with E-state index >= 15 is 0 Å². The summed E-state index contributed by atoms with van der Waals surface area (Å²) < 4.78 is 70.6. The molecule has 0 unspecified atom stereocenters. The molecule has 0 bridgehead atoms. The maximum atomic E-state index is 14.4. The molecular weight excluding hydrogens is 488 g/mol. The molecule has 13 heteroatoms. The van der Waals surface area contributed by atoms with Crippen LogP contribution in [0.1, 0.15) is 31.8 Å². The number of alkyl halides is 3. The van der Waals surface area contributed by atoms with Crippen LogP contribution in [0.5, 0.6) is 17.4 Å². The van der Waals surface area contributed by atoms with E-state index in [2.05, 4.69) is 20.0 Å². The van der Waals surface area contributed by atoms with Crippen molar-refractivity contribution in [1.82, 2.24) is 14.9 Å². The zero-order chi connectivity index (χ0) is 26.2. The van der Waals surface area contributed by atoms with E-state index in [0.717, 1.165) is 19.2 Å². The van der Waals surface area contributed by atoms with Crippen molar-refractivity contribution in [2.24, 2.45) is 0 Å². The lowest BCUT2D eigenvalue weighted by Gasteiger charge is -2.16. The van der Waals surface area contributed by atoms with Crippen molar-refractivity contribution in [2.75, 3.05) is 26.6 Å². The van der Waals surface area contributed by atoms with Crippen LogP contribution in [0.2, 0.25) is 0 Å². The SMILES string of the molecule is COC(=O)c1cc(OC)c(Nc2ncc(C(F)(F)F)c(Oc3cccc4c3C(=O)N(C)C4)n2)cc1F. The number of carbonyl (C=O) groups excluding carboxylic acids is 2. The molecule has 1 N–H and O–H groups in total. The normalized spacial score (nSPS) is 12.9. The first-order chi connectivity index (χ1) is 17.0. The third-order valence-corrected chi connectivity index (χ3v) is 5.29. The Morgan fingerprint density at radius 3 is 2.58 bits per heavy atom. The Kier molecular flexibility index (Phi) is 6.39. The number of methoxy groups -OCH3 is 2. The molecule has 3 aromatic rings. The maximum absolute atomic E-state index is 14.4. The molecule has 1 aromatic heterocycles. The van der Waals surface area contributed by atoms with Gasteiger partial charge in [-0.3, -0.25) is 4.79 Å². The fraction of sp³-hybridized carbons (Fsp3) is 0.217. The van der Waals surface area contributed by atoms with E-state index in [0.29, 0.717) is 11.8 Å². The molecule has 0 spiro atoms. The van der Waals surface area contributed by atoms with Crippen LogP contribution < -0.4 is 14.8 Å². The van der Waals surface area contributed by atoms with E-state index in [1.807, 2.05) is 0 Å². The monoisotopic (exact) mass is 506 g/mol. The zero-order valence-electron chi connectivity index (χ0n) is 19.1. The molecule has 1 amide bonds. The second-order valence-corrected chi connectivity index (χ2v) is 7.61. The first kappa shape index (κ1) is 24.7. The first-order valence-corrected chi connectivity index (χ1v) is 10.3. The number of anilines is 2. The van der Waals surface area contributed by atoms with Crippen LogP contribution in [0.25, 0.3) is 0 Å². The Balaban J connectivity index is 1.74. The summed E-state index contributed by atoms with van der Waals surface area (Å²) >= 11 is 0. The average Bonchev–Trinajstić information content (AvgIpc) is 3.12. The summed E-state index contributed by atoms with van der Waals surface area (Å²) in [4.78, 5) is 33.1. The summed E-state index contributed by atoms with van der Waals surface area (Å²) in [7, 11) is 3.87. The third kappa shape index (κ3) is 4.59. The molecule has 2 aromatic carbocycles. The third-order valence-electron chi connectivity index (χ3n) is 5.29.